The summed E-state index contributed by atoms with van der Waals surface area (Å²) in [5.41, 5.74) is 0.456. The summed E-state index contributed by atoms with van der Waals surface area (Å²) >= 11 is 0. The largest absolute Gasteiger partial charge is 0.469 e. The van der Waals surface area contributed by atoms with Crippen molar-refractivity contribution in [3.63, 3.8) is 0 Å². The van der Waals surface area contributed by atoms with Crippen LogP contribution in [0.4, 0.5) is 0 Å². The van der Waals surface area contributed by atoms with Gasteiger partial charge in [-0.2, -0.15) is 0 Å². The van der Waals surface area contributed by atoms with Gasteiger partial charge in [-0.05, 0) is 43.6 Å². The molecular formula is C14H27NO2. The van der Waals surface area contributed by atoms with Crippen LogP contribution in [0, 0.1) is 11.3 Å². The number of rotatable bonds is 5. The molecule has 0 aromatic heterocycles. The van der Waals surface area contributed by atoms with Gasteiger partial charge >= 0.3 is 5.97 Å². The first-order valence-electron chi connectivity index (χ1n) is 6.73. The molecular weight excluding hydrogens is 214 g/mol. The van der Waals surface area contributed by atoms with Crippen molar-refractivity contribution in [1.82, 2.24) is 5.32 Å². The van der Waals surface area contributed by atoms with Crippen molar-refractivity contribution >= 4 is 5.97 Å². The molecule has 1 N–H and O–H groups in total. The first-order chi connectivity index (χ1) is 7.93. The molecule has 1 rings (SSSR count). The standard InChI is InChI=1S/C14H27NO2/c1-11-8-12(10-14(2,3)9-11)15-7-5-6-13(16)17-4/h11-12,15H,5-10H2,1-4H3. The quantitative estimate of drug-likeness (QED) is 0.594. The van der Waals surface area contributed by atoms with Crippen LogP contribution in [0.25, 0.3) is 0 Å². The maximum absolute atomic E-state index is 11.0. The fourth-order valence-electron chi connectivity index (χ4n) is 3.14. The average molecular weight is 241 g/mol. The summed E-state index contributed by atoms with van der Waals surface area (Å²) in [6.45, 7) is 7.96. The highest BCUT2D eigenvalue weighted by Crippen LogP contribution is 2.38. The molecule has 0 bridgehead atoms. The Morgan fingerprint density at radius 1 is 1.41 bits per heavy atom. The van der Waals surface area contributed by atoms with Gasteiger partial charge in [0.2, 0.25) is 0 Å². The van der Waals surface area contributed by atoms with Gasteiger partial charge in [0.05, 0.1) is 7.11 Å². The van der Waals surface area contributed by atoms with Crippen LogP contribution in [0.3, 0.4) is 0 Å². The summed E-state index contributed by atoms with van der Waals surface area (Å²) in [5, 5.41) is 3.58. The zero-order valence-corrected chi connectivity index (χ0v) is 11.7. The third-order valence-electron chi connectivity index (χ3n) is 3.61. The molecule has 0 radical (unpaired) electrons. The Kier molecular flexibility index (Phi) is 5.44. The highest BCUT2D eigenvalue weighted by Gasteiger charge is 2.31. The van der Waals surface area contributed by atoms with Crippen LogP contribution >= 0.6 is 0 Å². The Morgan fingerprint density at radius 3 is 2.71 bits per heavy atom. The lowest BCUT2D eigenvalue weighted by Crippen LogP contribution is -2.40. The second-order valence-electron chi connectivity index (χ2n) is 6.24. The van der Waals surface area contributed by atoms with Gasteiger partial charge in [0.15, 0.2) is 0 Å². The highest BCUT2D eigenvalue weighted by molar-refractivity contribution is 5.69. The Hall–Kier alpha value is -0.570. The van der Waals surface area contributed by atoms with Crippen LogP contribution in [0.1, 0.15) is 52.9 Å². The van der Waals surface area contributed by atoms with Gasteiger partial charge < -0.3 is 10.1 Å². The van der Waals surface area contributed by atoms with Crippen molar-refractivity contribution in [1.29, 1.82) is 0 Å². The van der Waals surface area contributed by atoms with Crippen LogP contribution in [-0.4, -0.2) is 25.7 Å². The molecule has 0 spiro atoms. The SMILES string of the molecule is COC(=O)CCCNC1CC(C)CC(C)(C)C1. The maximum Gasteiger partial charge on any atom is 0.305 e. The molecule has 3 heteroatoms. The molecule has 1 aliphatic rings. The van der Waals surface area contributed by atoms with Crippen molar-refractivity contribution < 1.29 is 9.53 Å². The number of carbonyl (C=O) groups excluding carboxylic acids is 1. The van der Waals surface area contributed by atoms with E-state index in [0.29, 0.717) is 17.9 Å². The molecule has 17 heavy (non-hydrogen) atoms. The topological polar surface area (TPSA) is 38.3 Å². The summed E-state index contributed by atoms with van der Waals surface area (Å²) in [7, 11) is 1.45. The van der Waals surface area contributed by atoms with Crippen molar-refractivity contribution in [2.45, 2.75) is 58.9 Å². The van der Waals surface area contributed by atoms with Crippen LogP contribution in [0.15, 0.2) is 0 Å². The fourth-order valence-corrected chi connectivity index (χ4v) is 3.14. The maximum atomic E-state index is 11.0. The molecule has 0 aromatic carbocycles. The minimum atomic E-state index is -0.107. The van der Waals surface area contributed by atoms with E-state index in [4.69, 9.17) is 0 Å². The molecule has 1 aliphatic carbocycles. The Bertz CT molecular complexity index is 251. The number of nitrogens with one attached hydrogen (secondary N) is 1. The van der Waals surface area contributed by atoms with Crippen LogP contribution in [0.2, 0.25) is 0 Å². The van der Waals surface area contributed by atoms with Gasteiger partial charge in [0.25, 0.3) is 0 Å². The molecule has 3 nitrogen and oxygen atoms in total. The lowest BCUT2D eigenvalue weighted by molar-refractivity contribution is -0.140. The monoisotopic (exact) mass is 241 g/mol. The van der Waals surface area contributed by atoms with E-state index in [0.717, 1.165) is 18.9 Å². The smallest absolute Gasteiger partial charge is 0.305 e. The zero-order valence-electron chi connectivity index (χ0n) is 11.7. The second kappa shape index (κ2) is 6.39. The van der Waals surface area contributed by atoms with E-state index in [1.807, 2.05) is 0 Å². The van der Waals surface area contributed by atoms with E-state index in [-0.39, 0.29) is 5.97 Å². The van der Waals surface area contributed by atoms with Gasteiger partial charge in [0, 0.05) is 12.5 Å². The number of hydrogen-bond donors (Lipinski definition) is 1. The summed E-state index contributed by atoms with van der Waals surface area (Å²) in [6.07, 6.45) is 5.23. The third-order valence-corrected chi connectivity index (χ3v) is 3.61. The summed E-state index contributed by atoms with van der Waals surface area (Å²) in [6, 6.07) is 0.617. The number of ether oxygens (including phenoxy) is 1. The molecule has 1 saturated carbocycles. The Balaban J connectivity index is 2.20. The van der Waals surface area contributed by atoms with Crippen molar-refractivity contribution in [3.8, 4) is 0 Å². The lowest BCUT2D eigenvalue weighted by atomic mass is 9.70. The van der Waals surface area contributed by atoms with Gasteiger partial charge in [-0.25, -0.2) is 0 Å². The van der Waals surface area contributed by atoms with Crippen LogP contribution in [-0.2, 0) is 9.53 Å². The second-order valence-corrected chi connectivity index (χ2v) is 6.24. The van der Waals surface area contributed by atoms with E-state index in [2.05, 4.69) is 30.8 Å². The van der Waals surface area contributed by atoms with Gasteiger partial charge in [-0.15, -0.1) is 0 Å². The first kappa shape index (κ1) is 14.5. The average Bonchev–Trinajstić information content (AvgIpc) is 2.21. The minimum Gasteiger partial charge on any atom is -0.469 e. The minimum absolute atomic E-state index is 0.107. The fraction of sp³-hybridized carbons (Fsp3) is 0.929. The van der Waals surface area contributed by atoms with E-state index in [1.54, 1.807) is 0 Å². The van der Waals surface area contributed by atoms with Crippen LogP contribution < -0.4 is 5.32 Å². The third kappa shape index (κ3) is 5.53. The number of methoxy groups -OCH3 is 1. The Morgan fingerprint density at radius 2 is 2.12 bits per heavy atom. The van der Waals surface area contributed by atoms with Gasteiger partial charge in [-0.3, -0.25) is 4.79 Å². The summed E-state index contributed by atoms with van der Waals surface area (Å²) < 4.78 is 4.63. The van der Waals surface area contributed by atoms with Crippen molar-refractivity contribution in [2.24, 2.45) is 11.3 Å². The molecule has 0 heterocycles. The lowest BCUT2D eigenvalue weighted by Gasteiger charge is -2.39. The van der Waals surface area contributed by atoms with Crippen molar-refractivity contribution in [2.75, 3.05) is 13.7 Å². The van der Waals surface area contributed by atoms with E-state index in [1.165, 1.54) is 26.4 Å². The predicted octanol–water partition coefficient (Wildman–Crippen LogP) is 2.74. The van der Waals surface area contributed by atoms with E-state index in [9.17, 15) is 4.79 Å². The highest BCUT2D eigenvalue weighted by atomic mass is 16.5. The summed E-state index contributed by atoms with van der Waals surface area (Å²) in [4.78, 5) is 11.0. The predicted molar refractivity (Wildman–Crippen MR) is 69.8 cm³/mol. The normalized spacial score (nSPS) is 27.8. The first-order valence-corrected chi connectivity index (χ1v) is 6.73. The molecule has 0 amide bonds. The molecule has 2 atom stereocenters. The molecule has 2 unspecified atom stereocenters. The molecule has 0 aromatic rings. The number of carbonyl (C=O) groups is 1. The van der Waals surface area contributed by atoms with Gasteiger partial charge in [-0.1, -0.05) is 20.8 Å². The Labute approximate surface area is 105 Å². The molecule has 100 valence electrons. The number of esters is 1. The molecule has 0 saturated heterocycles. The van der Waals surface area contributed by atoms with E-state index >= 15 is 0 Å². The number of hydrogen-bond acceptors (Lipinski definition) is 3. The zero-order chi connectivity index (χ0) is 12.9. The van der Waals surface area contributed by atoms with Crippen LogP contribution in [0.5, 0.6) is 0 Å². The van der Waals surface area contributed by atoms with Crippen molar-refractivity contribution in [3.05, 3.63) is 0 Å². The van der Waals surface area contributed by atoms with Gasteiger partial charge in [0.1, 0.15) is 0 Å². The molecule has 0 aliphatic heterocycles. The molecule has 1 fully saturated rings. The van der Waals surface area contributed by atoms with E-state index < -0.39 is 0 Å². The summed E-state index contributed by atoms with van der Waals surface area (Å²) in [5.74, 6) is 0.695.